The quantitative estimate of drug-likeness (QED) is 0.868. The van der Waals surface area contributed by atoms with E-state index in [1.54, 1.807) is 45.0 Å². The number of hydrogen-bond acceptors (Lipinski definition) is 4. The van der Waals surface area contributed by atoms with E-state index >= 15 is 0 Å². The third-order valence-corrected chi connectivity index (χ3v) is 2.78. The predicted octanol–water partition coefficient (Wildman–Crippen LogP) is 2.95. The van der Waals surface area contributed by atoms with Gasteiger partial charge in [0.25, 0.3) is 0 Å². The van der Waals surface area contributed by atoms with Gasteiger partial charge in [-0.25, -0.2) is 9.59 Å². The van der Waals surface area contributed by atoms with Crippen molar-refractivity contribution in [1.82, 2.24) is 5.32 Å². The largest absolute Gasteiger partial charge is 0.467 e. The van der Waals surface area contributed by atoms with E-state index < -0.39 is 23.7 Å². The van der Waals surface area contributed by atoms with Gasteiger partial charge in [-0.05, 0) is 38.5 Å². The first-order chi connectivity index (χ1) is 9.71. The maximum atomic E-state index is 11.8. The molecule has 0 aromatic heterocycles. The second-order valence-electron chi connectivity index (χ2n) is 5.55. The summed E-state index contributed by atoms with van der Waals surface area (Å²) in [6.07, 6.45) is -0.366. The van der Waals surface area contributed by atoms with E-state index in [2.05, 4.69) is 5.32 Å². The van der Waals surface area contributed by atoms with Crippen LogP contribution in [0.15, 0.2) is 24.3 Å². The Morgan fingerprint density at radius 3 is 2.29 bits per heavy atom. The summed E-state index contributed by atoms with van der Waals surface area (Å²) in [4.78, 5) is 23.5. The van der Waals surface area contributed by atoms with Crippen LogP contribution in [0.1, 0.15) is 26.3 Å². The Kier molecular flexibility index (Phi) is 6.03. The van der Waals surface area contributed by atoms with Gasteiger partial charge in [0.05, 0.1) is 7.11 Å². The molecule has 0 bridgehead atoms. The molecule has 116 valence electrons. The van der Waals surface area contributed by atoms with Crippen molar-refractivity contribution in [3.63, 3.8) is 0 Å². The second-order valence-corrected chi connectivity index (χ2v) is 5.99. The molecule has 0 radical (unpaired) electrons. The molecule has 21 heavy (non-hydrogen) atoms. The SMILES string of the molecule is COC(=O)C(Cc1ccc(Cl)cc1)NC(=O)OC(C)(C)C. The fraction of sp³-hybridized carbons (Fsp3) is 0.467. The number of rotatable bonds is 4. The Morgan fingerprint density at radius 1 is 1.24 bits per heavy atom. The lowest BCUT2D eigenvalue weighted by molar-refractivity contribution is -0.143. The van der Waals surface area contributed by atoms with Gasteiger partial charge in [-0.15, -0.1) is 0 Å². The normalized spacial score (nSPS) is 12.4. The third-order valence-electron chi connectivity index (χ3n) is 2.53. The van der Waals surface area contributed by atoms with Gasteiger partial charge in [-0.1, -0.05) is 23.7 Å². The summed E-state index contributed by atoms with van der Waals surface area (Å²) in [7, 11) is 1.27. The topological polar surface area (TPSA) is 64.6 Å². The zero-order valence-corrected chi connectivity index (χ0v) is 13.4. The molecule has 0 aliphatic carbocycles. The van der Waals surface area contributed by atoms with E-state index in [0.717, 1.165) is 5.56 Å². The lowest BCUT2D eigenvalue weighted by atomic mass is 10.1. The van der Waals surface area contributed by atoms with E-state index in [1.807, 2.05) is 0 Å². The summed E-state index contributed by atoms with van der Waals surface area (Å²) in [5.74, 6) is -0.532. The average Bonchev–Trinajstić information content (AvgIpc) is 2.37. The maximum Gasteiger partial charge on any atom is 0.408 e. The van der Waals surface area contributed by atoms with Gasteiger partial charge in [0.15, 0.2) is 0 Å². The Balaban J connectivity index is 2.74. The fourth-order valence-electron chi connectivity index (χ4n) is 1.64. The Labute approximate surface area is 129 Å². The monoisotopic (exact) mass is 313 g/mol. The van der Waals surface area contributed by atoms with Crippen molar-refractivity contribution in [2.75, 3.05) is 7.11 Å². The molecule has 0 saturated carbocycles. The highest BCUT2D eigenvalue weighted by Gasteiger charge is 2.25. The predicted molar refractivity (Wildman–Crippen MR) is 80.3 cm³/mol. The van der Waals surface area contributed by atoms with Crippen LogP contribution in [-0.4, -0.2) is 30.8 Å². The van der Waals surface area contributed by atoms with E-state index in [9.17, 15) is 9.59 Å². The van der Waals surface area contributed by atoms with Crippen LogP contribution < -0.4 is 5.32 Å². The number of alkyl carbamates (subject to hydrolysis) is 1. The lowest BCUT2D eigenvalue weighted by Gasteiger charge is -2.22. The number of halogens is 1. The molecule has 1 N–H and O–H groups in total. The number of nitrogens with one attached hydrogen (secondary N) is 1. The number of hydrogen-bond donors (Lipinski definition) is 1. The average molecular weight is 314 g/mol. The smallest absolute Gasteiger partial charge is 0.408 e. The van der Waals surface area contributed by atoms with Crippen molar-refractivity contribution in [3.05, 3.63) is 34.9 Å². The molecule has 0 fully saturated rings. The molecule has 1 amide bonds. The zero-order valence-electron chi connectivity index (χ0n) is 12.6. The molecule has 0 heterocycles. The van der Waals surface area contributed by atoms with Crippen molar-refractivity contribution in [1.29, 1.82) is 0 Å². The number of carbonyl (C=O) groups is 2. The van der Waals surface area contributed by atoms with Gasteiger partial charge in [0.2, 0.25) is 0 Å². The summed E-state index contributed by atoms with van der Waals surface area (Å²) in [5.41, 5.74) is 0.219. The van der Waals surface area contributed by atoms with Crippen LogP contribution in [0.25, 0.3) is 0 Å². The maximum absolute atomic E-state index is 11.8. The molecular weight excluding hydrogens is 294 g/mol. The standard InChI is InChI=1S/C15H20ClNO4/c1-15(2,3)21-14(19)17-12(13(18)20-4)9-10-5-7-11(16)8-6-10/h5-8,12H,9H2,1-4H3,(H,17,19). The van der Waals surface area contributed by atoms with E-state index in [4.69, 9.17) is 21.1 Å². The van der Waals surface area contributed by atoms with Crippen LogP contribution in [0.2, 0.25) is 5.02 Å². The van der Waals surface area contributed by atoms with Gasteiger partial charge >= 0.3 is 12.1 Å². The molecule has 6 heteroatoms. The number of benzene rings is 1. The molecule has 1 unspecified atom stereocenters. The van der Waals surface area contributed by atoms with Crippen LogP contribution in [-0.2, 0) is 20.7 Å². The first-order valence-electron chi connectivity index (χ1n) is 6.53. The lowest BCUT2D eigenvalue weighted by Crippen LogP contribution is -2.45. The van der Waals surface area contributed by atoms with Gasteiger partial charge in [0, 0.05) is 11.4 Å². The molecule has 1 atom stereocenters. The van der Waals surface area contributed by atoms with Crippen LogP contribution in [0, 0.1) is 0 Å². The summed E-state index contributed by atoms with van der Waals surface area (Å²) in [6, 6.07) is 6.20. The van der Waals surface area contributed by atoms with Crippen LogP contribution in [0.3, 0.4) is 0 Å². The third kappa shape index (κ3) is 6.49. The van der Waals surface area contributed by atoms with Crippen LogP contribution in [0.4, 0.5) is 4.79 Å². The first kappa shape index (κ1) is 17.3. The van der Waals surface area contributed by atoms with Crippen LogP contribution in [0.5, 0.6) is 0 Å². The number of esters is 1. The number of ether oxygens (including phenoxy) is 2. The minimum atomic E-state index is -0.814. The summed E-state index contributed by atoms with van der Waals surface area (Å²) < 4.78 is 9.84. The van der Waals surface area contributed by atoms with E-state index in [1.165, 1.54) is 7.11 Å². The Bertz CT molecular complexity index is 493. The van der Waals surface area contributed by atoms with E-state index in [0.29, 0.717) is 11.4 Å². The van der Waals surface area contributed by atoms with Crippen molar-refractivity contribution in [2.45, 2.75) is 38.8 Å². The van der Waals surface area contributed by atoms with Gasteiger partial charge < -0.3 is 14.8 Å². The van der Waals surface area contributed by atoms with Crippen molar-refractivity contribution < 1.29 is 19.1 Å². The highest BCUT2D eigenvalue weighted by Crippen LogP contribution is 2.12. The summed E-state index contributed by atoms with van der Waals surface area (Å²) in [6.45, 7) is 5.25. The molecule has 0 spiro atoms. The molecule has 1 aromatic carbocycles. The molecule has 5 nitrogen and oxygen atoms in total. The second kappa shape index (κ2) is 7.31. The number of methoxy groups -OCH3 is 1. The Hall–Kier alpha value is -1.75. The first-order valence-corrected chi connectivity index (χ1v) is 6.91. The zero-order chi connectivity index (χ0) is 16.0. The molecule has 0 saturated heterocycles. The molecule has 1 rings (SSSR count). The van der Waals surface area contributed by atoms with Gasteiger partial charge in [-0.3, -0.25) is 0 Å². The highest BCUT2D eigenvalue weighted by molar-refractivity contribution is 6.30. The summed E-state index contributed by atoms with van der Waals surface area (Å²) >= 11 is 5.81. The summed E-state index contributed by atoms with van der Waals surface area (Å²) in [5, 5.41) is 3.12. The molecule has 0 aliphatic rings. The number of carbonyl (C=O) groups excluding carboxylic acids is 2. The fourth-order valence-corrected chi connectivity index (χ4v) is 1.77. The molecule has 0 aliphatic heterocycles. The highest BCUT2D eigenvalue weighted by atomic mass is 35.5. The van der Waals surface area contributed by atoms with E-state index in [-0.39, 0.29) is 0 Å². The van der Waals surface area contributed by atoms with Crippen molar-refractivity contribution in [3.8, 4) is 0 Å². The Morgan fingerprint density at radius 2 is 1.81 bits per heavy atom. The minimum absolute atomic E-state index is 0.295. The number of amides is 1. The minimum Gasteiger partial charge on any atom is -0.467 e. The van der Waals surface area contributed by atoms with Gasteiger partial charge in [0.1, 0.15) is 11.6 Å². The molecule has 1 aromatic rings. The van der Waals surface area contributed by atoms with Crippen LogP contribution >= 0.6 is 11.6 Å². The van der Waals surface area contributed by atoms with Gasteiger partial charge in [-0.2, -0.15) is 0 Å². The van der Waals surface area contributed by atoms with Crippen molar-refractivity contribution >= 4 is 23.7 Å². The van der Waals surface area contributed by atoms with Crippen molar-refractivity contribution in [2.24, 2.45) is 0 Å². The molecular formula is C15H20ClNO4.